The lowest BCUT2D eigenvalue weighted by Crippen LogP contribution is -2.28. The maximum absolute atomic E-state index is 12.3. The minimum Gasteiger partial charge on any atom is -0.399 e. The van der Waals surface area contributed by atoms with E-state index in [1.165, 1.54) is 19.3 Å². The number of nitro benzene ring substituents is 1. The van der Waals surface area contributed by atoms with Crippen molar-refractivity contribution in [3.05, 3.63) is 40.5 Å². The Morgan fingerprint density at radius 3 is 2.76 bits per heavy atom. The van der Waals surface area contributed by atoms with Gasteiger partial charge < -0.3 is 5.73 Å². The molecule has 0 fully saturated rings. The summed E-state index contributed by atoms with van der Waals surface area (Å²) >= 11 is 0. The molecule has 1 unspecified atom stereocenters. The number of hydrogen-bond acceptors (Lipinski definition) is 7. The van der Waals surface area contributed by atoms with Crippen LogP contribution in [-0.2, 0) is 10.0 Å². The lowest BCUT2D eigenvalue weighted by atomic mass is 10.3. The van der Waals surface area contributed by atoms with Crippen molar-refractivity contribution in [2.24, 2.45) is 0 Å². The van der Waals surface area contributed by atoms with E-state index in [0.717, 1.165) is 12.1 Å². The molecule has 11 heteroatoms. The number of nitrogens with zero attached hydrogens (tertiary/aromatic N) is 3. The molecule has 2 aromatic rings. The van der Waals surface area contributed by atoms with E-state index >= 15 is 0 Å². The highest BCUT2D eigenvalue weighted by Gasteiger charge is 2.28. The summed E-state index contributed by atoms with van der Waals surface area (Å²) in [5.41, 5.74) is 5.06. The third-order valence-electron chi connectivity index (χ3n) is 2.65. The zero-order valence-electron chi connectivity index (χ0n) is 10.8. The molecule has 0 bridgehead atoms. The van der Waals surface area contributed by atoms with Gasteiger partial charge in [-0.2, -0.15) is 5.10 Å². The van der Waals surface area contributed by atoms with Crippen LogP contribution in [0.4, 0.5) is 11.4 Å². The fraction of sp³-hybridized carbons (Fsp3) is 0.200. The molecule has 1 aromatic carbocycles. The number of H-pyrrole nitrogens is 1. The van der Waals surface area contributed by atoms with E-state index in [9.17, 15) is 18.5 Å². The number of aromatic amines is 1. The lowest BCUT2D eigenvalue weighted by Gasteiger charge is -2.12. The summed E-state index contributed by atoms with van der Waals surface area (Å²) < 4.78 is 26.8. The Balaban J connectivity index is 2.40. The molecule has 0 aliphatic rings. The monoisotopic (exact) mass is 312 g/mol. The molecule has 21 heavy (non-hydrogen) atoms. The second-order valence-electron chi connectivity index (χ2n) is 4.20. The SMILES string of the molecule is CC(NS(=O)(=O)c1cc(N)ccc1[N+](=O)[O-])c1ncn[nH]1. The van der Waals surface area contributed by atoms with E-state index in [1.54, 1.807) is 0 Å². The first kappa shape index (κ1) is 14.9. The molecule has 1 heterocycles. The second-order valence-corrected chi connectivity index (χ2v) is 5.88. The van der Waals surface area contributed by atoms with E-state index in [2.05, 4.69) is 19.9 Å². The standard InChI is InChI=1S/C10H12N6O4S/c1-6(10-12-5-13-14-10)15-21(19,20)9-4-7(11)2-3-8(9)16(17)18/h2-6,15H,11H2,1H3,(H,12,13,14). The number of rotatable bonds is 5. The Bertz CT molecular complexity index is 758. The molecule has 0 saturated heterocycles. The topological polar surface area (TPSA) is 157 Å². The summed E-state index contributed by atoms with van der Waals surface area (Å²) in [6, 6.07) is 2.60. The maximum Gasteiger partial charge on any atom is 0.289 e. The number of nitro groups is 1. The maximum atomic E-state index is 12.3. The average Bonchev–Trinajstić information content (AvgIpc) is 2.91. The molecule has 0 spiro atoms. The van der Waals surface area contributed by atoms with E-state index in [0.29, 0.717) is 0 Å². The fourth-order valence-electron chi connectivity index (χ4n) is 1.67. The Morgan fingerprint density at radius 1 is 1.48 bits per heavy atom. The lowest BCUT2D eigenvalue weighted by molar-refractivity contribution is -0.387. The van der Waals surface area contributed by atoms with Crippen LogP contribution in [-0.4, -0.2) is 28.5 Å². The van der Waals surface area contributed by atoms with Gasteiger partial charge in [0.2, 0.25) is 10.0 Å². The number of nitrogen functional groups attached to an aromatic ring is 1. The predicted octanol–water partition coefficient (Wildman–Crippen LogP) is 0.335. The highest BCUT2D eigenvalue weighted by atomic mass is 32.2. The minimum absolute atomic E-state index is 0.105. The highest BCUT2D eigenvalue weighted by Crippen LogP contribution is 2.26. The molecular formula is C10H12N6O4S. The number of nitrogens with two attached hydrogens (primary N) is 1. The Hall–Kier alpha value is -2.53. The Labute approximate surface area is 119 Å². The van der Waals surface area contributed by atoms with Crippen LogP contribution in [0.2, 0.25) is 0 Å². The average molecular weight is 312 g/mol. The first-order valence-electron chi connectivity index (χ1n) is 5.73. The van der Waals surface area contributed by atoms with E-state index in [4.69, 9.17) is 5.73 Å². The number of aromatic nitrogens is 3. The van der Waals surface area contributed by atoms with Crippen molar-refractivity contribution in [2.75, 3.05) is 5.73 Å². The highest BCUT2D eigenvalue weighted by molar-refractivity contribution is 7.89. The summed E-state index contributed by atoms with van der Waals surface area (Å²) in [7, 11) is -4.14. The molecule has 112 valence electrons. The number of sulfonamides is 1. The van der Waals surface area contributed by atoms with Crippen molar-refractivity contribution in [2.45, 2.75) is 17.9 Å². The fourth-order valence-corrected chi connectivity index (χ4v) is 3.09. The van der Waals surface area contributed by atoms with Crippen LogP contribution in [0.15, 0.2) is 29.4 Å². The summed E-state index contributed by atoms with van der Waals surface area (Å²) in [5.74, 6) is 0.283. The van der Waals surface area contributed by atoms with Gasteiger partial charge in [0.05, 0.1) is 11.0 Å². The van der Waals surface area contributed by atoms with Crippen LogP contribution in [0.25, 0.3) is 0 Å². The molecule has 0 saturated carbocycles. The second kappa shape index (κ2) is 5.46. The number of nitrogens with one attached hydrogen (secondary N) is 2. The van der Waals surface area contributed by atoms with Crippen LogP contribution >= 0.6 is 0 Å². The van der Waals surface area contributed by atoms with Crippen molar-refractivity contribution in [1.82, 2.24) is 19.9 Å². The van der Waals surface area contributed by atoms with Gasteiger partial charge in [-0.25, -0.2) is 18.1 Å². The molecule has 0 aliphatic heterocycles. The normalized spacial score (nSPS) is 13.0. The van der Waals surface area contributed by atoms with Gasteiger partial charge in [0.1, 0.15) is 12.2 Å². The van der Waals surface area contributed by atoms with E-state index in [1.807, 2.05) is 0 Å². The van der Waals surface area contributed by atoms with Crippen LogP contribution < -0.4 is 10.5 Å². The third kappa shape index (κ3) is 3.14. The molecule has 2 rings (SSSR count). The predicted molar refractivity (Wildman–Crippen MR) is 72.6 cm³/mol. The number of anilines is 1. The largest absolute Gasteiger partial charge is 0.399 e. The van der Waals surface area contributed by atoms with Gasteiger partial charge in [0, 0.05) is 11.8 Å². The number of hydrogen-bond donors (Lipinski definition) is 3. The quantitative estimate of drug-likeness (QED) is 0.408. The van der Waals surface area contributed by atoms with Crippen LogP contribution in [0.1, 0.15) is 18.8 Å². The minimum atomic E-state index is -4.14. The third-order valence-corrected chi connectivity index (χ3v) is 4.22. The van der Waals surface area contributed by atoms with E-state index in [-0.39, 0.29) is 11.5 Å². The summed E-state index contributed by atoms with van der Waals surface area (Å²) in [5, 5.41) is 17.1. The zero-order chi connectivity index (χ0) is 15.6. The molecule has 0 aliphatic carbocycles. The van der Waals surface area contributed by atoms with E-state index < -0.39 is 31.6 Å². The zero-order valence-corrected chi connectivity index (χ0v) is 11.7. The summed E-state index contributed by atoms with van der Waals surface area (Å²) in [6.07, 6.45) is 1.23. The van der Waals surface area contributed by atoms with Gasteiger partial charge in [-0.1, -0.05) is 0 Å². The van der Waals surface area contributed by atoms with Gasteiger partial charge in [-0.05, 0) is 19.1 Å². The van der Waals surface area contributed by atoms with Gasteiger partial charge >= 0.3 is 0 Å². The van der Waals surface area contributed by atoms with Gasteiger partial charge in [-0.3, -0.25) is 15.2 Å². The first-order chi connectivity index (χ1) is 9.81. The Kier molecular flexibility index (Phi) is 3.86. The molecule has 4 N–H and O–H groups in total. The molecule has 1 aromatic heterocycles. The van der Waals surface area contributed by atoms with Crippen LogP contribution in [0.5, 0.6) is 0 Å². The molecule has 0 amide bonds. The van der Waals surface area contributed by atoms with Gasteiger partial charge in [0.25, 0.3) is 5.69 Å². The number of benzene rings is 1. The van der Waals surface area contributed by atoms with Crippen molar-refractivity contribution >= 4 is 21.4 Å². The van der Waals surface area contributed by atoms with Crippen LogP contribution in [0, 0.1) is 10.1 Å². The molecule has 0 radical (unpaired) electrons. The van der Waals surface area contributed by atoms with Crippen molar-refractivity contribution in [1.29, 1.82) is 0 Å². The van der Waals surface area contributed by atoms with Crippen molar-refractivity contribution in [3.8, 4) is 0 Å². The summed E-state index contributed by atoms with van der Waals surface area (Å²) in [6.45, 7) is 1.52. The summed E-state index contributed by atoms with van der Waals surface area (Å²) in [4.78, 5) is 13.5. The molecular weight excluding hydrogens is 300 g/mol. The van der Waals surface area contributed by atoms with Gasteiger partial charge in [0.15, 0.2) is 4.90 Å². The van der Waals surface area contributed by atoms with Gasteiger partial charge in [-0.15, -0.1) is 0 Å². The molecule has 1 atom stereocenters. The van der Waals surface area contributed by atoms with Crippen LogP contribution in [0.3, 0.4) is 0 Å². The molecule has 10 nitrogen and oxygen atoms in total. The van der Waals surface area contributed by atoms with Crippen molar-refractivity contribution < 1.29 is 13.3 Å². The van der Waals surface area contributed by atoms with Crippen molar-refractivity contribution in [3.63, 3.8) is 0 Å². The first-order valence-corrected chi connectivity index (χ1v) is 7.21. The smallest absolute Gasteiger partial charge is 0.289 e. The Morgan fingerprint density at radius 2 is 2.19 bits per heavy atom.